The lowest BCUT2D eigenvalue weighted by atomic mass is 10.2. The Bertz CT molecular complexity index is 603. The van der Waals surface area contributed by atoms with E-state index in [-0.39, 0.29) is 17.6 Å². The number of hydrogen-bond acceptors (Lipinski definition) is 6. The second-order valence-electron chi connectivity index (χ2n) is 5.35. The molecule has 9 heteroatoms. The molecule has 0 spiro atoms. The molecule has 23 heavy (non-hydrogen) atoms. The summed E-state index contributed by atoms with van der Waals surface area (Å²) < 4.78 is 4.86. The third-order valence-corrected chi connectivity index (χ3v) is 4.69. The highest BCUT2D eigenvalue weighted by molar-refractivity contribution is 8.01. The SMILES string of the molecule is Cc1cc(NC(=O)C(C)SCC(=O)N2CCC[C@@H]2C(=O)O)no1. The van der Waals surface area contributed by atoms with E-state index in [1.165, 1.54) is 4.90 Å². The van der Waals surface area contributed by atoms with Crippen molar-refractivity contribution >= 4 is 35.4 Å². The number of rotatable bonds is 6. The van der Waals surface area contributed by atoms with Gasteiger partial charge in [-0.25, -0.2) is 4.79 Å². The summed E-state index contributed by atoms with van der Waals surface area (Å²) in [5, 5.41) is 14.9. The van der Waals surface area contributed by atoms with Crippen LogP contribution in [-0.2, 0) is 14.4 Å². The smallest absolute Gasteiger partial charge is 0.326 e. The molecule has 1 aliphatic rings. The van der Waals surface area contributed by atoms with Crippen LogP contribution in [-0.4, -0.2) is 56.5 Å². The van der Waals surface area contributed by atoms with E-state index in [9.17, 15) is 14.4 Å². The average molecular weight is 341 g/mol. The minimum absolute atomic E-state index is 0.0657. The summed E-state index contributed by atoms with van der Waals surface area (Å²) in [6.07, 6.45) is 1.17. The standard InChI is InChI=1S/C14H19N3O5S/c1-8-6-11(16-22-8)15-13(19)9(2)23-7-12(18)17-5-3-4-10(17)14(20)21/h6,9-10H,3-5,7H2,1-2H3,(H,20,21)(H,15,16,19)/t9?,10-/m1/s1. The normalized spacial score (nSPS) is 18.7. The lowest BCUT2D eigenvalue weighted by Crippen LogP contribution is -2.41. The van der Waals surface area contributed by atoms with Crippen LogP contribution in [0.25, 0.3) is 0 Å². The molecule has 1 aromatic rings. The van der Waals surface area contributed by atoms with Crippen LogP contribution in [0.1, 0.15) is 25.5 Å². The van der Waals surface area contributed by atoms with E-state index in [0.717, 1.165) is 11.8 Å². The number of amides is 2. The Morgan fingerprint density at radius 1 is 1.57 bits per heavy atom. The fourth-order valence-electron chi connectivity index (χ4n) is 2.33. The minimum atomic E-state index is -0.979. The number of carboxylic acids is 1. The molecule has 1 unspecified atom stereocenters. The van der Waals surface area contributed by atoms with Crippen LogP contribution in [0.4, 0.5) is 5.82 Å². The molecule has 2 heterocycles. The third kappa shape index (κ3) is 4.47. The van der Waals surface area contributed by atoms with Gasteiger partial charge in [-0.2, -0.15) is 0 Å². The summed E-state index contributed by atoms with van der Waals surface area (Å²) in [6.45, 7) is 3.85. The van der Waals surface area contributed by atoms with E-state index >= 15 is 0 Å². The van der Waals surface area contributed by atoms with Crippen molar-refractivity contribution < 1.29 is 24.0 Å². The average Bonchev–Trinajstić information content (AvgIpc) is 3.13. The first-order valence-electron chi connectivity index (χ1n) is 7.26. The highest BCUT2D eigenvalue weighted by atomic mass is 32.2. The zero-order valence-corrected chi connectivity index (χ0v) is 13.8. The van der Waals surface area contributed by atoms with Crippen molar-refractivity contribution in [1.29, 1.82) is 0 Å². The molecule has 2 rings (SSSR count). The zero-order chi connectivity index (χ0) is 17.0. The lowest BCUT2D eigenvalue weighted by molar-refractivity contribution is -0.147. The second-order valence-corrected chi connectivity index (χ2v) is 6.68. The van der Waals surface area contributed by atoms with Crippen molar-refractivity contribution in [2.24, 2.45) is 0 Å². The molecule has 0 aliphatic carbocycles. The predicted molar refractivity (Wildman–Crippen MR) is 84.2 cm³/mol. The molecule has 1 aromatic heterocycles. The maximum atomic E-state index is 12.1. The summed E-state index contributed by atoms with van der Waals surface area (Å²) in [5.41, 5.74) is 0. The molecular weight excluding hydrogens is 322 g/mol. The van der Waals surface area contributed by atoms with E-state index < -0.39 is 17.3 Å². The van der Waals surface area contributed by atoms with Crippen LogP contribution in [0, 0.1) is 6.92 Å². The van der Waals surface area contributed by atoms with Crippen molar-refractivity contribution in [1.82, 2.24) is 10.1 Å². The van der Waals surface area contributed by atoms with Crippen LogP contribution in [0.15, 0.2) is 10.6 Å². The second kappa shape index (κ2) is 7.49. The zero-order valence-electron chi connectivity index (χ0n) is 12.9. The van der Waals surface area contributed by atoms with Gasteiger partial charge in [0.15, 0.2) is 5.82 Å². The summed E-state index contributed by atoms with van der Waals surface area (Å²) in [7, 11) is 0. The van der Waals surface area contributed by atoms with E-state index in [0.29, 0.717) is 31.0 Å². The minimum Gasteiger partial charge on any atom is -0.480 e. The third-order valence-electron chi connectivity index (χ3n) is 3.56. The van der Waals surface area contributed by atoms with Crippen LogP contribution in [0.5, 0.6) is 0 Å². The molecule has 1 fully saturated rings. The number of carbonyl (C=O) groups is 3. The van der Waals surface area contributed by atoms with Crippen molar-refractivity contribution in [2.45, 2.75) is 38.0 Å². The summed E-state index contributed by atoms with van der Waals surface area (Å²) in [6, 6.07) is 0.854. The summed E-state index contributed by atoms with van der Waals surface area (Å²) in [5.74, 6) is -0.533. The number of nitrogens with zero attached hydrogens (tertiary/aromatic N) is 2. The van der Waals surface area contributed by atoms with Crippen LogP contribution >= 0.6 is 11.8 Å². The first kappa shape index (κ1) is 17.3. The summed E-state index contributed by atoms with van der Waals surface area (Å²) >= 11 is 1.16. The molecule has 2 atom stereocenters. The fourth-order valence-corrected chi connectivity index (χ4v) is 3.10. The Kier molecular flexibility index (Phi) is 5.64. The van der Waals surface area contributed by atoms with E-state index in [1.54, 1.807) is 19.9 Å². The van der Waals surface area contributed by atoms with Crippen molar-refractivity contribution in [3.8, 4) is 0 Å². The molecule has 126 valence electrons. The molecule has 2 amide bonds. The molecule has 2 N–H and O–H groups in total. The Balaban J connectivity index is 1.81. The van der Waals surface area contributed by atoms with Crippen LogP contribution in [0.2, 0.25) is 0 Å². The fraction of sp³-hybridized carbons (Fsp3) is 0.571. The van der Waals surface area contributed by atoms with Gasteiger partial charge >= 0.3 is 5.97 Å². The Morgan fingerprint density at radius 2 is 2.30 bits per heavy atom. The number of anilines is 1. The molecule has 0 aromatic carbocycles. The molecule has 8 nitrogen and oxygen atoms in total. The van der Waals surface area contributed by atoms with Crippen LogP contribution in [0.3, 0.4) is 0 Å². The van der Waals surface area contributed by atoms with Gasteiger partial charge in [-0.05, 0) is 26.7 Å². The van der Waals surface area contributed by atoms with Crippen molar-refractivity contribution in [2.75, 3.05) is 17.6 Å². The quantitative estimate of drug-likeness (QED) is 0.797. The number of carbonyl (C=O) groups excluding carboxylic acids is 2. The van der Waals surface area contributed by atoms with Crippen LogP contribution < -0.4 is 5.32 Å². The first-order valence-corrected chi connectivity index (χ1v) is 8.31. The summed E-state index contributed by atoms with van der Waals surface area (Å²) in [4.78, 5) is 36.6. The largest absolute Gasteiger partial charge is 0.480 e. The number of aliphatic carboxylic acids is 1. The lowest BCUT2D eigenvalue weighted by Gasteiger charge is -2.21. The first-order chi connectivity index (χ1) is 10.9. The number of thioether (sulfide) groups is 1. The van der Waals surface area contributed by atoms with E-state index in [4.69, 9.17) is 9.63 Å². The Morgan fingerprint density at radius 3 is 2.91 bits per heavy atom. The number of nitrogens with one attached hydrogen (secondary N) is 1. The van der Waals surface area contributed by atoms with E-state index in [1.807, 2.05) is 0 Å². The van der Waals surface area contributed by atoms with Gasteiger partial charge in [-0.1, -0.05) is 5.16 Å². The van der Waals surface area contributed by atoms with Gasteiger partial charge in [0.1, 0.15) is 11.8 Å². The number of hydrogen-bond donors (Lipinski definition) is 2. The molecule has 0 radical (unpaired) electrons. The molecular formula is C14H19N3O5S. The number of likely N-dealkylation sites (tertiary alicyclic amines) is 1. The van der Waals surface area contributed by atoms with E-state index in [2.05, 4.69) is 10.5 Å². The number of carboxylic acid groups (broad SMARTS) is 1. The van der Waals surface area contributed by atoms with Crippen molar-refractivity contribution in [3.05, 3.63) is 11.8 Å². The Labute approximate surface area is 137 Å². The van der Waals surface area contributed by atoms with Gasteiger partial charge in [0.2, 0.25) is 11.8 Å². The maximum absolute atomic E-state index is 12.1. The molecule has 0 bridgehead atoms. The van der Waals surface area contributed by atoms with Crippen molar-refractivity contribution in [3.63, 3.8) is 0 Å². The predicted octanol–water partition coefficient (Wildman–Crippen LogP) is 1.12. The highest BCUT2D eigenvalue weighted by Gasteiger charge is 2.34. The van der Waals surface area contributed by atoms with Gasteiger partial charge in [-0.3, -0.25) is 9.59 Å². The van der Waals surface area contributed by atoms with Gasteiger partial charge < -0.3 is 19.8 Å². The maximum Gasteiger partial charge on any atom is 0.326 e. The molecule has 1 aliphatic heterocycles. The topological polar surface area (TPSA) is 113 Å². The number of aryl methyl sites for hydroxylation is 1. The van der Waals surface area contributed by atoms with Gasteiger partial charge in [0.25, 0.3) is 0 Å². The highest BCUT2D eigenvalue weighted by Crippen LogP contribution is 2.21. The van der Waals surface area contributed by atoms with Gasteiger partial charge in [0, 0.05) is 12.6 Å². The monoisotopic (exact) mass is 341 g/mol. The van der Waals surface area contributed by atoms with Gasteiger partial charge in [0.05, 0.1) is 11.0 Å². The molecule has 1 saturated heterocycles. The molecule has 0 saturated carbocycles. The Hall–Kier alpha value is -2.03. The van der Waals surface area contributed by atoms with Gasteiger partial charge in [-0.15, -0.1) is 11.8 Å². The number of aromatic nitrogens is 1.